The van der Waals surface area contributed by atoms with Crippen LogP contribution in [0.1, 0.15) is 12.5 Å². The van der Waals surface area contributed by atoms with Gasteiger partial charge in [-0.3, -0.25) is 14.8 Å². The maximum atomic E-state index is 10.4. The Morgan fingerprint density at radius 1 is 1.71 bits per heavy atom. The molecule has 0 aliphatic carbocycles. The van der Waals surface area contributed by atoms with Gasteiger partial charge in [0.1, 0.15) is 12.4 Å². The summed E-state index contributed by atoms with van der Waals surface area (Å²) in [4.78, 5) is 12.2. The van der Waals surface area contributed by atoms with Crippen LogP contribution in [0.2, 0.25) is 0 Å². The normalized spacial score (nSPS) is 22.8. The van der Waals surface area contributed by atoms with Crippen molar-refractivity contribution >= 4 is 5.69 Å². The molecule has 1 fully saturated rings. The van der Waals surface area contributed by atoms with Gasteiger partial charge in [-0.2, -0.15) is 5.10 Å². The molecule has 6 nitrogen and oxygen atoms in total. The number of likely N-dealkylation sites (tertiary alicyclic amines) is 1. The van der Waals surface area contributed by atoms with Crippen LogP contribution in [0.3, 0.4) is 0 Å². The highest BCUT2D eigenvalue weighted by Crippen LogP contribution is 2.21. The average Bonchev–Trinajstić information content (AvgIpc) is 2.70. The molecule has 0 spiro atoms. The summed E-state index contributed by atoms with van der Waals surface area (Å²) in [6, 6.07) is 0.286. The van der Waals surface area contributed by atoms with E-state index in [0.29, 0.717) is 0 Å². The number of hydrogen-bond acceptors (Lipinski definition) is 4. The molecular formula is C8H12N4O2. The third kappa shape index (κ3) is 1.60. The van der Waals surface area contributed by atoms with E-state index < -0.39 is 4.92 Å². The van der Waals surface area contributed by atoms with Gasteiger partial charge in [0.05, 0.1) is 11.0 Å². The van der Waals surface area contributed by atoms with Crippen LogP contribution in [0.5, 0.6) is 0 Å². The fraction of sp³-hybridized carbons (Fsp3) is 0.625. The van der Waals surface area contributed by atoms with E-state index in [-0.39, 0.29) is 11.7 Å². The van der Waals surface area contributed by atoms with Gasteiger partial charge in [-0.05, 0) is 20.0 Å². The molecule has 2 rings (SSSR count). The lowest BCUT2D eigenvalue weighted by Gasteiger charge is -2.09. The molecule has 0 aromatic carbocycles. The highest BCUT2D eigenvalue weighted by Gasteiger charge is 2.23. The summed E-state index contributed by atoms with van der Waals surface area (Å²) in [6.45, 7) is 1.94. The first-order valence-electron chi connectivity index (χ1n) is 4.54. The topological polar surface area (TPSA) is 64.2 Å². The molecule has 1 aliphatic rings. The Balaban J connectivity index is 2.13. The molecule has 0 saturated carbocycles. The SMILES string of the molecule is CN1CC[C@@H](n2cc([N+](=O)[O-])cn2)C1. The molecule has 1 atom stereocenters. The van der Waals surface area contributed by atoms with Gasteiger partial charge in [0.15, 0.2) is 0 Å². The number of rotatable bonds is 2. The minimum Gasteiger partial charge on any atom is -0.304 e. The van der Waals surface area contributed by atoms with Crippen molar-refractivity contribution in [2.24, 2.45) is 0 Å². The fourth-order valence-electron chi connectivity index (χ4n) is 1.75. The second-order valence-electron chi connectivity index (χ2n) is 3.64. The Morgan fingerprint density at radius 3 is 3.00 bits per heavy atom. The Morgan fingerprint density at radius 2 is 2.50 bits per heavy atom. The lowest BCUT2D eigenvalue weighted by atomic mass is 10.3. The summed E-state index contributed by atoms with van der Waals surface area (Å²) in [7, 11) is 2.04. The minimum absolute atomic E-state index is 0.0690. The van der Waals surface area contributed by atoms with Crippen LogP contribution in [0.15, 0.2) is 12.4 Å². The molecule has 14 heavy (non-hydrogen) atoms. The van der Waals surface area contributed by atoms with E-state index in [4.69, 9.17) is 0 Å². The van der Waals surface area contributed by atoms with Crippen LogP contribution in [0.4, 0.5) is 5.69 Å². The van der Waals surface area contributed by atoms with Gasteiger partial charge in [0.25, 0.3) is 0 Å². The number of likely N-dealkylation sites (N-methyl/N-ethyl adjacent to an activating group) is 1. The van der Waals surface area contributed by atoms with Gasteiger partial charge in [0.2, 0.25) is 0 Å². The van der Waals surface area contributed by atoms with Gasteiger partial charge in [0, 0.05) is 6.54 Å². The lowest BCUT2D eigenvalue weighted by Crippen LogP contribution is -2.16. The first kappa shape index (κ1) is 9.14. The Kier molecular flexibility index (Phi) is 2.20. The summed E-state index contributed by atoms with van der Waals surface area (Å²) in [6.07, 6.45) is 3.82. The van der Waals surface area contributed by atoms with Crippen molar-refractivity contribution in [1.82, 2.24) is 14.7 Å². The minimum atomic E-state index is -0.415. The van der Waals surface area contributed by atoms with Crippen LogP contribution < -0.4 is 0 Å². The van der Waals surface area contributed by atoms with E-state index in [0.717, 1.165) is 19.5 Å². The van der Waals surface area contributed by atoms with E-state index in [9.17, 15) is 10.1 Å². The molecule has 1 aromatic heterocycles. The van der Waals surface area contributed by atoms with E-state index >= 15 is 0 Å². The van der Waals surface area contributed by atoms with Crippen molar-refractivity contribution in [1.29, 1.82) is 0 Å². The van der Waals surface area contributed by atoms with Gasteiger partial charge in [-0.1, -0.05) is 0 Å². The third-order valence-corrected chi connectivity index (χ3v) is 2.54. The molecule has 1 aliphatic heterocycles. The van der Waals surface area contributed by atoms with Gasteiger partial charge < -0.3 is 4.90 Å². The van der Waals surface area contributed by atoms with Gasteiger partial charge in [-0.25, -0.2) is 0 Å². The molecule has 1 aromatic rings. The molecule has 0 unspecified atom stereocenters. The summed E-state index contributed by atoms with van der Waals surface area (Å²) >= 11 is 0. The first-order valence-corrected chi connectivity index (χ1v) is 4.54. The van der Waals surface area contributed by atoms with Crippen LogP contribution in [0.25, 0.3) is 0 Å². The monoisotopic (exact) mass is 196 g/mol. The van der Waals surface area contributed by atoms with Crippen LogP contribution in [-0.4, -0.2) is 39.7 Å². The second kappa shape index (κ2) is 3.38. The van der Waals surface area contributed by atoms with Gasteiger partial charge in [-0.15, -0.1) is 0 Å². The molecule has 0 amide bonds. The van der Waals surface area contributed by atoms with E-state index in [1.165, 1.54) is 12.4 Å². The molecule has 0 radical (unpaired) electrons. The predicted molar refractivity (Wildman–Crippen MR) is 50.0 cm³/mol. The van der Waals surface area contributed by atoms with Crippen molar-refractivity contribution in [3.63, 3.8) is 0 Å². The van der Waals surface area contributed by atoms with Crippen molar-refractivity contribution in [3.8, 4) is 0 Å². The predicted octanol–water partition coefficient (Wildman–Crippen LogP) is 0.668. The summed E-state index contributed by atoms with van der Waals surface area (Å²) in [5.74, 6) is 0. The zero-order valence-corrected chi connectivity index (χ0v) is 7.96. The number of hydrogen-bond donors (Lipinski definition) is 0. The highest BCUT2D eigenvalue weighted by atomic mass is 16.6. The summed E-state index contributed by atoms with van der Waals surface area (Å²) < 4.78 is 1.70. The summed E-state index contributed by atoms with van der Waals surface area (Å²) in [5, 5.41) is 14.4. The Hall–Kier alpha value is -1.43. The largest absolute Gasteiger partial charge is 0.307 e. The quantitative estimate of drug-likeness (QED) is 0.515. The van der Waals surface area contributed by atoms with E-state index in [1.54, 1.807) is 4.68 Å². The number of aromatic nitrogens is 2. The Labute approximate surface area is 81.3 Å². The molecule has 2 heterocycles. The molecule has 0 bridgehead atoms. The van der Waals surface area contributed by atoms with E-state index in [2.05, 4.69) is 10.00 Å². The van der Waals surface area contributed by atoms with Crippen LogP contribution in [-0.2, 0) is 0 Å². The fourth-order valence-corrected chi connectivity index (χ4v) is 1.75. The van der Waals surface area contributed by atoms with Crippen LogP contribution >= 0.6 is 0 Å². The highest BCUT2D eigenvalue weighted by molar-refractivity contribution is 5.21. The van der Waals surface area contributed by atoms with Crippen LogP contribution in [0, 0.1) is 10.1 Å². The molecule has 6 heteroatoms. The molecular weight excluding hydrogens is 184 g/mol. The standard InChI is InChI=1S/C8H12N4O2/c1-10-3-2-7(5-10)11-6-8(4-9-11)12(13)14/h4,6-7H,2-3,5H2,1H3/t7-/m1/s1. The van der Waals surface area contributed by atoms with Gasteiger partial charge >= 0.3 is 5.69 Å². The first-order chi connectivity index (χ1) is 6.66. The number of nitrogens with zero attached hydrogens (tertiary/aromatic N) is 4. The summed E-state index contributed by atoms with van der Waals surface area (Å²) in [5.41, 5.74) is 0.0690. The smallest absolute Gasteiger partial charge is 0.304 e. The maximum Gasteiger partial charge on any atom is 0.307 e. The van der Waals surface area contributed by atoms with Crippen molar-refractivity contribution < 1.29 is 4.92 Å². The molecule has 76 valence electrons. The van der Waals surface area contributed by atoms with Crippen molar-refractivity contribution in [3.05, 3.63) is 22.5 Å². The second-order valence-corrected chi connectivity index (χ2v) is 3.64. The van der Waals surface area contributed by atoms with E-state index in [1.807, 2.05) is 7.05 Å². The average molecular weight is 196 g/mol. The lowest BCUT2D eigenvalue weighted by molar-refractivity contribution is -0.385. The van der Waals surface area contributed by atoms with Crippen molar-refractivity contribution in [2.75, 3.05) is 20.1 Å². The molecule has 1 saturated heterocycles. The van der Waals surface area contributed by atoms with Crippen molar-refractivity contribution in [2.45, 2.75) is 12.5 Å². The third-order valence-electron chi connectivity index (χ3n) is 2.54. The molecule has 0 N–H and O–H groups in total. The maximum absolute atomic E-state index is 10.4. The zero-order chi connectivity index (χ0) is 10.1. The zero-order valence-electron chi connectivity index (χ0n) is 7.96. The Bertz CT molecular complexity index is 349. The number of nitro groups is 1.